The van der Waals surface area contributed by atoms with E-state index in [1.807, 2.05) is 32.0 Å². The summed E-state index contributed by atoms with van der Waals surface area (Å²) in [6.07, 6.45) is 0. The van der Waals surface area contributed by atoms with E-state index in [2.05, 4.69) is 16.5 Å². The van der Waals surface area contributed by atoms with E-state index in [0.717, 1.165) is 22.0 Å². The molecule has 0 bridgehead atoms. The van der Waals surface area contributed by atoms with Crippen LogP contribution in [0.25, 0.3) is 0 Å². The Balaban J connectivity index is 2.49. The average molecular weight is 219 g/mol. The number of nitrogens with two attached hydrogens (primary N) is 1. The fourth-order valence-electron chi connectivity index (χ4n) is 1.46. The molecule has 0 aromatic heterocycles. The van der Waals surface area contributed by atoms with Gasteiger partial charge in [0.15, 0.2) is 0 Å². The molecule has 1 heterocycles. The molecule has 0 atom stereocenters. The molecule has 3 nitrogen and oxygen atoms in total. The zero-order valence-corrected chi connectivity index (χ0v) is 9.56. The third-order valence-corrected chi connectivity index (χ3v) is 3.62. The van der Waals surface area contributed by atoms with Gasteiger partial charge in [-0.05, 0) is 26.0 Å². The quantitative estimate of drug-likeness (QED) is 0.564. The van der Waals surface area contributed by atoms with Crippen LogP contribution < -0.4 is 11.3 Å². The first kappa shape index (κ1) is 10.3. The molecule has 0 amide bonds. The number of rotatable bonds is 1. The lowest BCUT2D eigenvalue weighted by atomic mass is 10.3. The van der Waals surface area contributed by atoms with Gasteiger partial charge in [-0.25, -0.2) is 0 Å². The molecule has 1 aromatic rings. The van der Waals surface area contributed by atoms with Crippen molar-refractivity contribution in [1.82, 2.24) is 5.43 Å². The van der Waals surface area contributed by atoms with Gasteiger partial charge in [0.05, 0.1) is 16.3 Å². The number of hydrazine groups is 1. The Kier molecular flexibility index (Phi) is 2.79. The predicted molar refractivity (Wildman–Crippen MR) is 65.1 cm³/mol. The molecule has 0 fully saturated rings. The first-order valence-corrected chi connectivity index (χ1v) is 5.54. The molecule has 78 valence electrons. The minimum absolute atomic E-state index is 0.954. The van der Waals surface area contributed by atoms with E-state index in [1.165, 1.54) is 4.90 Å². The molecule has 15 heavy (non-hydrogen) atoms. The van der Waals surface area contributed by atoms with Crippen LogP contribution in [0.5, 0.6) is 0 Å². The number of para-hydroxylation sites is 1. The lowest BCUT2D eigenvalue weighted by molar-refractivity contribution is 0.885. The monoisotopic (exact) mass is 219 g/mol. The van der Waals surface area contributed by atoms with Crippen molar-refractivity contribution in [3.63, 3.8) is 0 Å². The molecule has 3 N–H and O–H groups in total. The van der Waals surface area contributed by atoms with E-state index in [-0.39, 0.29) is 0 Å². The Bertz CT molecular complexity index is 449. The Morgan fingerprint density at radius 3 is 2.87 bits per heavy atom. The molecular weight excluding hydrogens is 206 g/mol. The highest BCUT2D eigenvalue weighted by atomic mass is 32.2. The molecule has 4 heteroatoms. The van der Waals surface area contributed by atoms with Gasteiger partial charge in [-0.2, -0.15) is 0 Å². The van der Waals surface area contributed by atoms with Gasteiger partial charge < -0.3 is 5.43 Å². The highest BCUT2D eigenvalue weighted by Gasteiger charge is 2.16. The Hall–Kier alpha value is -1.26. The summed E-state index contributed by atoms with van der Waals surface area (Å²) < 4.78 is 0. The van der Waals surface area contributed by atoms with Gasteiger partial charge in [-0.1, -0.05) is 23.9 Å². The largest absolute Gasteiger partial charge is 0.327 e. The van der Waals surface area contributed by atoms with E-state index in [1.54, 1.807) is 11.8 Å². The number of aliphatic imine (C=N–C) groups is 1. The smallest absolute Gasteiger partial charge is 0.0772 e. The predicted octanol–water partition coefficient (Wildman–Crippen LogP) is 2.58. The number of nitrogens with zero attached hydrogens (tertiary/aromatic N) is 1. The molecule has 0 aliphatic carbocycles. The van der Waals surface area contributed by atoms with Crippen molar-refractivity contribution in [2.45, 2.75) is 18.7 Å². The average Bonchev–Trinajstić information content (AvgIpc) is 2.27. The van der Waals surface area contributed by atoms with Gasteiger partial charge in [-0.15, -0.1) is 0 Å². The molecule has 0 unspecified atom stereocenters. The second kappa shape index (κ2) is 4.08. The van der Waals surface area contributed by atoms with Crippen LogP contribution in [0, 0.1) is 0 Å². The van der Waals surface area contributed by atoms with Gasteiger partial charge in [0, 0.05) is 10.6 Å². The molecule has 0 radical (unpaired) electrons. The summed E-state index contributed by atoms with van der Waals surface area (Å²) in [5.41, 5.74) is 5.67. The number of fused-ring (bicyclic) bond motifs is 1. The molecule has 1 aliphatic heterocycles. The van der Waals surface area contributed by atoms with E-state index in [0.29, 0.717) is 0 Å². The highest BCUT2D eigenvalue weighted by Crippen LogP contribution is 2.40. The van der Waals surface area contributed by atoms with Gasteiger partial charge in [0.1, 0.15) is 0 Å². The maximum Gasteiger partial charge on any atom is 0.0772 e. The molecule has 0 saturated heterocycles. The van der Waals surface area contributed by atoms with Crippen molar-refractivity contribution in [2.24, 2.45) is 10.8 Å². The highest BCUT2D eigenvalue weighted by molar-refractivity contribution is 8.04. The number of benzene rings is 1. The van der Waals surface area contributed by atoms with Crippen molar-refractivity contribution < 1.29 is 0 Å². The van der Waals surface area contributed by atoms with Crippen molar-refractivity contribution >= 4 is 23.2 Å². The van der Waals surface area contributed by atoms with E-state index in [9.17, 15) is 0 Å². The summed E-state index contributed by atoms with van der Waals surface area (Å²) in [5.74, 6) is 5.41. The van der Waals surface area contributed by atoms with Crippen LogP contribution in [-0.2, 0) is 0 Å². The number of hydrogen-bond donors (Lipinski definition) is 2. The molecule has 0 spiro atoms. The summed E-state index contributed by atoms with van der Waals surface area (Å²) in [6, 6.07) is 8.11. The number of hydrogen-bond acceptors (Lipinski definition) is 4. The fourth-order valence-corrected chi connectivity index (χ4v) is 2.45. The Labute approximate surface area is 93.4 Å². The van der Waals surface area contributed by atoms with Crippen molar-refractivity contribution in [3.8, 4) is 0 Å². The Morgan fingerprint density at radius 2 is 2.13 bits per heavy atom. The summed E-state index contributed by atoms with van der Waals surface area (Å²) >= 11 is 1.70. The zero-order chi connectivity index (χ0) is 10.8. The first-order valence-electron chi connectivity index (χ1n) is 4.72. The first-order chi connectivity index (χ1) is 7.22. The van der Waals surface area contributed by atoms with Crippen LogP contribution >= 0.6 is 11.8 Å². The standard InChI is InChI=1S/C11H13N3S/c1-7-11(8(2)14-12)15-10-6-4-3-5-9(10)13-7/h3-6,14H,12H2,1-2H3/b11-8+. The molecular formula is C11H13N3S. The lowest BCUT2D eigenvalue weighted by Gasteiger charge is -2.17. The lowest BCUT2D eigenvalue weighted by Crippen LogP contribution is -2.22. The number of allylic oxidation sites excluding steroid dienone is 2. The maximum atomic E-state index is 5.41. The number of nitrogens with one attached hydrogen (secondary N) is 1. The Morgan fingerprint density at radius 1 is 1.40 bits per heavy atom. The van der Waals surface area contributed by atoms with Crippen molar-refractivity contribution in [3.05, 3.63) is 34.9 Å². The molecule has 1 aromatic carbocycles. The maximum absolute atomic E-state index is 5.41. The second-order valence-electron chi connectivity index (χ2n) is 3.37. The summed E-state index contributed by atoms with van der Waals surface area (Å²) in [5, 5.41) is 0. The zero-order valence-electron chi connectivity index (χ0n) is 8.74. The van der Waals surface area contributed by atoms with Crippen LogP contribution in [0.2, 0.25) is 0 Å². The minimum Gasteiger partial charge on any atom is -0.327 e. The molecule has 2 rings (SSSR count). The van der Waals surface area contributed by atoms with E-state index < -0.39 is 0 Å². The minimum atomic E-state index is 0.954. The number of thioether (sulfide) groups is 1. The van der Waals surface area contributed by atoms with Crippen LogP contribution in [-0.4, -0.2) is 5.71 Å². The molecule has 1 aliphatic rings. The van der Waals surface area contributed by atoms with Gasteiger partial charge in [0.25, 0.3) is 0 Å². The van der Waals surface area contributed by atoms with Crippen LogP contribution in [0.15, 0.2) is 44.8 Å². The topological polar surface area (TPSA) is 50.4 Å². The summed E-state index contributed by atoms with van der Waals surface area (Å²) in [6.45, 7) is 3.95. The third-order valence-electron chi connectivity index (χ3n) is 2.25. The second-order valence-corrected chi connectivity index (χ2v) is 4.42. The van der Waals surface area contributed by atoms with Gasteiger partial charge in [-0.3, -0.25) is 10.8 Å². The van der Waals surface area contributed by atoms with Crippen molar-refractivity contribution in [1.29, 1.82) is 0 Å². The van der Waals surface area contributed by atoms with Gasteiger partial charge in [0.2, 0.25) is 0 Å². The third kappa shape index (κ3) is 1.91. The van der Waals surface area contributed by atoms with Crippen LogP contribution in [0.4, 0.5) is 5.69 Å². The molecule has 0 saturated carbocycles. The summed E-state index contributed by atoms with van der Waals surface area (Å²) in [7, 11) is 0. The van der Waals surface area contributed by atoms with Crippen LogP contribution in [0.3, 0.4) is 0 Å². The van der Waals surface area contributed by atoms with Gasteiger partial charge >= 0.3 is 0 Å². The normalized spacial score (nSPS) is 17.9. The fraction of sp³-hybridized carbons (Fsp3) is 0.182. The van der Waals surface area contributed by atoms with Crippen LogP contribution in [0.1, 0.15) is 13.8 Å². The summed E-state index contributed by atoms with van der Waals surface area (Å²) in [4.78, 5) is 6.82. The SMILES string of the molecule is CC1=Nc2ccccc2S/C1=C(\C)NN. The van der Waals surface area contributed by atoms with Crippen molar-refractivity contribution in [2.75, 3.05) is 0 Å². The van der Waals surface area contributed by atoms with E-state index >= 15 is 0 Å². The van der Waals surface area contributed by atoms with E-state index in [4.69, 9.17) is 5.84 Å².